The van der Waals surface area contributed by atoms with Crippen molar-refractivity contribution in [2.75, 3.05) is 0 Å². The van der Waals surface area contributed by atoms with E-state index in [0.29, 0.717) is 24.4 Å². The fourth-order valence-corrected chi connectivity index (χ4v) is 2.04. The summed E-state index contributed by atoms with van der Waals surface area (Å²) in [5.74, 6) is 0.0499. The van der Waals surface area contributed by atoms with Gasteiger partial charge in [-0.05, 0) is 39.3 Å². The van der Waals surface area contributed by atoms with Crippen LogP contribution in [0.15, 0.2) is 18.3 Å². The molecule has 2 rings (SSSR count). The Hall–Kier alpha value is -2.04. The maximum absolute atomic E-state index is 12.4. The van der Waals surface area contributed by atoms with Gasteiger partial charge in [-0.15, -0.1) is 0 Å². The molecular weight excluding hydrogens is 252 g/mol. The van der Waals surface area contributed by atoms with Crippen LogP contribution in [0.25, 0.3) is 0 Å². The van der Waals surface area contributed by atoms with Crippen LogP contribution < -0.4 is 0 Å². The molecule has 0 spiro atoms. The van der Waals surface area contributed by atoms with Crippen molar-refractivity contribution in [3.63, 3.8) is 0 Å². The van der Waals surface area contributed by atoms with Crippen molar-refractivity contribution in [1.82, 2.24) is 20.0 Å². The molecule has 0 radical (unpaired) electrons. The lowest BCUT2D eigenvalue weighted by Crippen LogP contribution is -2.11. The van der Waals surface area contributed by atoms with Crippen molar-refractivity contribution in [1.29, 1.82) is 0 Å². The average molecular weight is 272 g/mol. The highest BCUT2D eigenvalue weighted by Crippen LogP contribution is 2.12. The number of nitrogens with zero attached hydrogens (tertiary/aromatic N) is 4. The molecule has 2 aromatic rings. The van der Waals surface area contributed by atoms with Crippen molar-refractivity contribution in [2.24, 2.45) is 0 Å². The molecule has 0 aromatic carbocycles. The molecule has 0 aliphatic heterocycles. The lowest BCUT2D eigenvalue weighted by Gasteiger charge is -2.06. The molecule has 5 nitrogen and oxygen atoms in total. The van der Waals surface area contributed by atoms with Crippen molar-refractivity contribution in [3.05, 3.63) is 41.0 Å². The van der Waals surface area contributed by atoms with Gasteiger partial charge in [-0.1, -0.05) is 6.92 Å². The molecule has 2 heterocycles. The SMILES string of the molecule is CCc1nnc(C)cc1C(=O)Cc1ccn(C(C)C)n1. The summed E-state index contributed by atoms with van der Waals surface area (Å²) in [6.45, 7) is 7.94. The van der Waals surface area contributed by atoms with Crippen LogP contribution in [0, 0.1) is 6.92 Å². The molecule has 0 bridgehead atoms. The smallest absolute Gasteiger partial charge is 0.170 e. The Bertz CT molecular complexity index is 616. The van der Waals surface area contributed by atoms with Crippen LogP contribution in [0.4, 0.5) is 0 Å². The third-order valence-corrected chi connectivity index (χ3v) is 3.16. The maximum atomic E-state index is 12.4. The molecule has 0 aliphatic carbocycles. The number of carbonyl (C=O) groups excluding carboxylic acids is 1. The minimum atomic E-state index is 0.0499. The molecule has 20 heavy (non-hydrogen) atoms. The van der Waals surface area contributed by atoms with E-state index in [2.05, 4.69) is 29.1 Å². The first-order valence-electron chi connectivity index (χ1n) is 6.91. The van der Waals surface area contributed by atoms with E-state index < -0.39 is 0 Å². The lowest BCUT2D eigenvalue weighted by molar-refractivity contribution is 0.0990. The van der Waals surface area contributed by atoms with Gasteiger partial charge in [0.2, 0.25) is 0 Å². The van der Waals surface area contributed by atoms with Gasteiger partial charge in [0.1, 0.15) is 0 Å². The zero-order valence-electron chi connectivity index (χ0n) is 12.4. The second-order valence-corrected chi connectivity index (χ2v) is 5.18. The van der Waals surface area contributed by atoms with Crippen molar-refractivity contribution in [2.45, 2.75) is 46.6 Å². The zero-order chi connectivity index (χ0) is 14.7. The first-order chi connectivity index (χ1) is 9.51. The van der Waals surface area contributed by atoms with Crippen LogP contribution in [-0.2, 0) is 12.8 Å². The van der Waals surface area contributed by atoms with Gasteiger partial charge in [-0.25, -0.2) is 0 Å². The van der Waals surface area contributed by atoms with E-state index in [0.717, 1.165) is 17.1 Å². The summed E-state index contributed by atoms with van der Waals surface area (Å²) in [6.07, 6.45) is 2.91. The molecule has 5 heteroatoms. The fourth-order valence-electron chi connectivity index (χ4n) is 2.04. The molecular formula is C15H20N4O. The van der Waals surface area contributed by atoms with E-state index in [1.165, 1.54) is 0 Å². The summed E-state index contributed by atoms with van der Waals surface area (Å²) in [7, 11) is 0. The quantitative estimate of drug-likeness (QED) is 0.785. The molecule has 0 atom stereocenters. The van der Waals surface area contributed by atoms with Crippen LogP contribution in [0.3, 0.4) is 0 Å². The molecule has 0 aliphatic rings. The monoisotopic (exact) mass is 272 g/mol. The second-order valence-electron chi connectivity index (χ2n) is 5.18. The van der Waals surface area contributed by atoms with E-state index in [-0.39, 0.29) is 5.78 Å². The van der Waals surface area contributed by atoms with Crippen LogP contribution in [-0.4, -0.2) is 25.8 Å². The molecule has 2 aromatic heterocycles. The Morgan fingerprint density at radius 2 is 2.10 bits per heavy atom. The summed E-state index contributed by atoms with van der Waals surface area (Å²) < 4.78 is 1.86. The first-order valence-corrected chi connectivity index (χ1v) is 6.91. The van der Waals surface area contributed by atoms with Gasteiger partial charge in [-0.2, -0.15) is 15.3 Å². The Morgan fingerprint density at radius 3 is 2.70 bits per heavy atom. The summed E-state index contributed by atoms with van der Waals surface area (Å²) in [5, 5.41) is 12.5. The highest BCUT2D eigenvalue weighted by molar-refractivity contribution is 5.98. The number of hydrogen-bond acceptors (Lipinski definition) is 4. The first kappa shape index (κ1) is 14.4. The number of aromatic nitrogens is 4. The maximum Gasteiger partial charge on any atom is 0.170 e. The minimum absolute atomic E-state index is 0.0499. The number of aryl methyl sites for hydroxylation is 2. The van der Waals surface area contributed by atoms with E-state index in [9.17, 15) is 4.79 Å². The van der Waals surface area contributed by atoms with Crippen LogP contribution in [0.1, 0.15) is 54.3 Å². The molecule has 106 valence electrons. The van der Waals surface area contributed by atoms with Crippen molar-refractivity contribution in [3.8, 4) is 0 Å². The van der Waals surface area contributed by atoms with E-state index >= 15 is 0 Å². The predicted octanol–water partition coefficient (Wildman–Crippen LogP) is 2.55. The Kier molecular flexibility index (Phi) is 4.27. The molecule has 0 amide bonds. The molecule has 0 N–H and O–H groups in total. The van der Waals surface area contributed by atoms with Gasteiger partial charge in [0.25, 0.3) is 0 Å². The number of carbonyl (C=O) groups is 1. The van der Waals surface area contributed by atoms with Gasteiger partial charge in [0.15, 0.2) is 5.78 Å². The molecule has 0 saturated heterocycles. The standard InChI is InChI=1S/C15H20N4O/c1-5-14-13(8-11(4)16-17-14)15(20)9-12-6-7-19(18-12)10(2)3/h6-8,10H,5,9H2,1-4H3. The molecule has 0 saturated carbocycles. The third-order valence-electron chi connectivity index (χ3n) is 3.16. The van der Waals surface area contributed by atoms with Gasteiger partial charge in [0.05, 0.1) is 23.5 Å². The van der Waals surface area contributed by atoms with Gasteiger partial charge >= 0.3 is 0 Å². The Balaban J connectivity index is 2.21. The van der Waals surface area contributed by atoms with E-state index in [1.807, 2.05) is 36.9 Å². The molecule has 0 fully saturated rings. The van der Waals surface area contributed by atoms with E-state index in [4.69, 9.17) is 0 Å². The van der Waals surface area contributed by atoms with Crippen molar-refractivity contribution < 1.29 is 4.79 Å². The zero-order valence-corrected chi connectivity index (χ0v) is 12.4. The Morgan fingerprint density at radius 1 is 1.35 bits per heavy atom. The van der Waals surface area contributed by atoms with Crippen molar-refractivity contribution >= 4 is 5.78 Å². The minimum Gasteiger partial charge on any atom is -0.294 e. The van der Waals surface area contributed by atoms with Gasteiger partial charge in [0, 0.05) is 17.8 Å². The lowest BCUT2D eigenvalue weighted by atomic mass is 10.0. The molecule has 0 unspecified atom stereocenters. The summed E-state index contributed by atoms with van der Waals surface area (Å²) in [4.78, 5) is 12.4. The average Bonchev–Trinajstić information content (AvgIpc) is 2.87. The van der Waals surface area contributed by atoms with Crippen LogP contribution in [0.2, 0.25) is 0 Å². The normalized spacial score (nSPS) is 11.1. The Labute approximate surface area is 119 Å². The summed E-state index contributed by atoms with van der Waals surface area (Å²) in [5.41, 5.74) is 2.97. The summed E-state index contributed by atoms with van der Waals surface area (Å²) >= 11 is 0. The number of rotatable bonds is 5. The number of Topliss-reactive ketones (excluding diaryl/α,β-unsaturated/α-hetero) is 1. The van der Waals surface area contributed by atoms with Gasteiger partial charge in [-0.3, -0.25) is 9.48 Å². The second kappa shape index (κ2) is 5.94. The third kappa shape index (κ3) is 3.10. The fraction of sp³-hybridized carbons (Fsp3) is 0.467. The van der Waals surface area contributed by atoms with E-state index in [1.54, 1.807) is 0 Å². The van der Waals surface area contributed by atoms with Crippen LogP contribution in [0.5, 0.6) is 0 Å². The van der Waals surface area contributed by atoms with Gasteiger partial charge < -0.3 is 0 Å². The topological polar surface area (TPSA) is 60.7 Å². The largest absolute Gasteiger partial charge is 0.294 e. The highest BCUT2D eigenvalue weighted by atomic mass is 16.1. The number of ketones is 1. The highest BCUT2D eigenvalue weighted by Gasteiger charge is 2.15. The van der Waals surface area contributed by atoms with Crippen LogP contribution >= 0.6 is 0 Å². The summed E-state index contributed by atoms with van der Waals surface area (Å²) in [6, 6.07) is 4.01. The number of hydrogen-bond donors (Lipinski definition) is 0. The predicted molar refractivity (Wildman–Crippen MR) is 76.8 cm³/mol.